The second-order valence-corrected chi connectivity index (χ2v) is 9.32. The Labute approximate surface area is 171 Å². The molecule has 156 valence electrons. The van der Waals surface area contributed by atoms with E-state index in [9.17, 15) is 4.79 Å². The van der Waals surface area contributed by atoms with E-state index in [2.05, 4.69) is 11.9 Å². The minimum atomic E-state index is -0.291. The van der Waals surface area contributed by atoms with Crippen molar-refractivity contribution in [3.63, 3.8) is 0 Å². The molecule has 0 amide bonds. The fraction of sp³-hybridized carbons (Fsp3) is 0.760. The molecule has 1 heterocycles. The van der Waals surface area contributed by atoms with Crippen molar-refractivity contribution in [1.29, 1.82) is 0 Å². The quantitative estimate of drug-likeness (QED) is 0.465. The van der Waals surface area contributed by atoms with Gasteiger partial charge in [-0.2, -0.15) is 0 Å². The third kappa shape index (κ3) is 6.60. The number of ether oxygens (including phenoxy) is 1. The molecule has 0 spiro atoms. The fourth-order valence-corrected chi connectivity index (χ4v) is 5.53. The van der Waals surface area contributed by atoms with Crippen molar-refractivity contribution >= 4 is 5.97 Å². The van der Waals surface area contributed by atoms with Gasteiger partial charge in [0.05, 0.1) is 6.20 Å². The van der Waals surface area contributed by atoms with E-state index in [1.807, 2.05) is 12.1 Å². The number of unbranched alkanes of at least 4 members (excludes halogenated alkanes) is 1. The summed E-state index contributed by atoms with van der Waals surface area (Å²) in [6.45, 7) is 3.74. The van der Waals surface area contributed by atoms with Gasteiger partial charge in [-0.15, -0.1) is 0 Å². The van der Waals surface area contributed by atoms with E-state index < -0.39 is 0 Å². The Morgan fingerprint density at radius 1 is 0.964 bits per heavy atom. The van der Waals surface area contributed by atoms with Crippen LogP contribution in [-0.2, 0) is 11.2 Å². The van der Waals surface area contributed by atoms with Crippen molar-refractivity contribution in [1.82, 2.24) is 4.98 Å². The maximum Gasteiger partial charge on any atom is 0.308 e. The summed E-state index contributed by atoms with van der Waals surface area (Å²) >= 11 is 0. The standard InChI is InChI=1S/C25H39NO2/c1-3-4-5-20-6-11-22(12-7-20)23-13-8-21(9-14-23)10-15-24-16-17-25(18-26-24)28-19(2)27/h16-18,20-23H,3-15H2,1-2H3. The molecule has 0 unspecified atom stereocenters. The third-order valence-electron chi connectivity index (χ3n) is 7.28. The maximum atomic E-state index is 11.0. The number of carbonyl (C=O) groups excluding carboxylic acids is 1. The first kappa shape index (κ1) is 21.3. The highest BCUT2D eigenvalue weighted by Gasteiger charge is 2.30. The summed E-state index contributed by atoms with van der Waals surface area (Å²) in [5.74, 6) is 4.18. The molecular weight excluding hydrogens is 346 g/mol. The minimum Gasteiger partial charge on any atom is -0.425 e. The van der Waals surface area contributed by atoms with Crippen LogP contribution in [0.4, 0.5) is 0 Å². The molecule has 0 radical (unpaired) electrons. The van der Waals surface area contributed by atoms with Crippen LogP contribution in [0.2, 0.25) is 0 Å². The average Bonchev–Trinajstić information content (AvgIpc) is 2.72. The van der Waals surface area contributed by atoms with Gasteiger partial charge in [-0.1, -0.05) is 51.9 Å². The molecule has 3 nitrogen and oxygen atoms in total. The molecular formula is C25H39NO2. The Balaban J connectivity index is 1.34. The topological polar surface area (TPSA) is 39.2 Å². The SMILES string of the molecule is CCCCC1CCC(C2CCC(CCc3ccc(OC(C)=O)cn3)CC2)CC1. The zero-order valence-electron chi connectivity index (χ0n) is 18.0. The summed E-state index contributed by atoms with van der Waals surface area (Å²) in [6.07, 6.45) is 20.0. The van der Waals surface area contributed by atoms with Gasteiger partial charge in [0.1, 0.15) is 5.75 Å². The average molecular weight is 386 g/mol. The molecule has 0 bridgehead atoms. The van der Waals surface area contributed by atoms with Crippen LogP contribution < -0.4 is 4.74 Å². The first-order chi connectivity index (χ1) is 13.6. The highest BCUT2D eigenvalue weighted by molar-refractivity contribution is 5.69. The van der Waals surface area contributed by atoms with E-state index in [1.54, 1.807) is 6.20 Å². The molecule has 2 aliphatic carbocycles. The van der Waals surface area contributed by atoms with E-state index in [1.165, 1.54) is 84.0 Å². The zero-order valence-corrected chi connectivity index (χ0v) is 18.0. The second-order valence-electron chi connectivity index (χ2n) is 9.32. The molecule has 28 heavy (non-hydrogen) atoms. The Morgan fingerprint density at radius 3 is 2.07 bits per heavy atom. The van der Waals surface area contributed by atoms with Crippen LogP contribution in [0, 0.1) is 23.7 Å². The number of hydrogen-bond acceptors (Lipinski definition) is 3. The van der Waals surface area contributed by atoms with Crippen LogP contribution in [-0.4, -0.2) is 11.0 Å². The fourth-order valence-electron chi connectivity index (χ4n) is 5.53. The largest absolute Gasteiger partial charge is 0.425 e. The summed E-state index contributed by atoms with van der Waals surface area (Å²) in [7, 11) is 0. The van der Waals surface area contributed by atoms with Gasteiger partial charge in [0.2, 0.25) is 0 Å². The van der Waals surface area contributed by atoms with Crippen molar-refractivity contribution in [3.8, 4) is 5.75 Å². The van der Waals surface area contributed by atoms with E-state index in [0.29, 0.717) is 5.75 Å². The highest BCUT2D eigenvalue weighted by atomic mass is 16.5. The number of aryl methyl sites for hydroxylation is 1. The lowest BCUT2D eigenvalue weighted by Gasteiger charge is -2.38. The summed E-state index contributed by atoms with van der Waals surface area (Å²) in [6, 6.07) is 3.86. The highest BCUT2D eigenvalue weighted by Crippen LogP contribution is 2.43. The second kappa shape index (κ2) is 11.0. The third-order valence-corrected chi connectivity index (χ3v) is 7.28. The smallest absolute Gasteiger partial charge is 0.308 e. The molecule has 0 N–H and O–H groups in total. The monoisotopic (exact) mass is 385 g/mol. The van der Waals surface area contributed by atoms with Crippen LogP contribution in [0.3, 0.4) is 0 Å². The number of carbonyl (C=O) groups is 1. The van der Waals surface area contributed by atoms with Gasteiger partial charge >= 0.3 is 5.97 Å². The Morgan fingerprint density at radius 2 is 1.57 bits per heavy atom. The van der Waals surface area contributed by atoms with Crippen molar-refractivity contribution in [2.75, 3.05) is 0 Å². The minimum absolute atomic E-state index is 0.291. The van der Waals surface area contributed by atoms with Gasteiger partial charge < -0.3 is 4.74 Å². The van der Waals surface area contributed by atoms with Gasteiger partial charge in [-0.3, -0.25) is 9.78 Å². The first-order valence-electron chi connectivity index (χ1n) is 11.8. The number of esters is 1. The van der Waals surface area contributed by atoms with E-state index >= 15 is 0 Å². The molecule has 0 atom stereocenters. The Bertz CT molecular complexity index is 581. The van der Waals surface area contributed by atoms with Gasteiger partial charge in [0.25, 0.3) is 0 Å². The van der Waals surface area contributed by atoms with Gasteiger partial charge in [-0.05, 0) is 74.3 Å². The number of aromatic nitrogens is 1. The molecule has 3 heteroatoms. The molecule has 2 saturated carbocycles. The summed E-state index contributed by atoms with van der Waals surface area (Å²) in [5, 5.41) is 0. The van der Waals surface area contributed by atoms with Crippen LogP contribution >= 0.6 is 0 Å². The van der Waals surface area contributed by atoms with Crippen LogP contribution in [0.25, 0.3) is 0 Å². The Hall–Kier alpha value is -1.38. The predicted octanol–water partition coefficient (Wildman–Crippen LogP) is 6.74. The number of hydrogen-bond donors (Lipinski definition) is 0. The van der Waals surface area contributed by atoms with Gasteiger partial charge in [0.15, 0.2) is 0 Å². The van der Waals surface area contributed by atoms with Crippen molar-refractivity contribution in [3.05, 3.63) is 24.0 Å². The van der Waals surface area contributed by atoms with Crippen LogP contribution in [0.1, 0.15) is 96.6 Å². The van der Waals surface area contributed by atoms with E-state index in [4.69, 9.17) is 4.74 Å². The lowest BCUT2D eigenvalue weighted by Crippen LogP contribution is -2.26. The van der Waals surface area contributed by atoms with Crippen molar-refractivity contribution in [2.45, 2.75) is 97.3 Å². The summed E-state index contributed by atoms with van der Waals surface area (Å²) in [5.41, 5.74) is 1.11. The summed E-state index contributed by atoms with van der Waals surface area (Å²) in [4.78, 5) is 15.4. The van der Waals surface area contributed by atoms with Gasteiger partial charge in [-0.25, -0.2) is 0 Å². The molecule has 1 aromatic rings. The molecule has 3 rings (SSSR count). The maximum absolute atomic E-state index is 11.0. The predicted molar refractivity (Wildman–Crippen MR) is 114 cm³/mol. The molecule has 0 aromatic carbocycles. The number of pyridine rings is 1. The van der Waals surface area contributed by atoms with E-state index in [0.717, 1.165) is 35.8 Å². The Kier molecular flexibility index (Phi) is 8.36. The van der Waals surface area contributed by atoms with Gasteiger partial charge in [0, 0.05) is 12.6 Å². The van der Waals surface area contributed by atoms with Crippen LogP contribution in [0.15, 0.2) is 18.3 Å². The lowest BCUT2D eigenvalue weighted by atomic mass is 9.68. The molecule has 0 saturated heterocycles. The van der Waals surface area contributed by atoms with Crippen molar-refractivity contribution < 1.29 is 9.53 Å². The lowest BCUT2D eigenvalue weighted by molar-refractivity contribution is -0.131. The number of nitrogens with zero attached hydrogens (tertiary/aromatic N) is 1. The van der Waals surface area contributed by atoms with E-state index in [-0.39, 0.29) is 5.97 Å². The summed E-state index contributed by atoms with van der Waals surface area (Å²) < 4.78 is 5.06. The molecule has 2 fully saturated rings. The molecule has 1 aromatic heterocycles. The normalized spacial score (nSPS) is 28.1. The van der Waals surface area contributed by atoms with Crippen molar-refractivity contribution in [2.24, 2.45) is 23.7 Å². The number of rotatable bonds is 8. The molecule has 0 aliphatic heterocycles. The first-order valence-corrected chi connectivity index (χ1v) is 11.8. The zero-order chi connectivity index (χ0) is 19.8. The van der Waals surface area contributed by atoms with Crippen LogP contribution in [0.5, 0.6) is 5.75 Å². The molecule has 2 aliphatic rings.